The summed E-state index contributed by atoms with van der Waals surface area (Å²) in [5.74, 6) is 0.00374. The predicted molar refractivity (Wildman–Crippen MR) is 148 cm³/mol. The molecule has 4 heteroatoms. The van der Waals surface area contributed by atoms with Gasteiger partial charge in [-0.05, 0) is 12.8 Å². The lowest BCUT2D eigenvalue weighted by Gasteiger charge is -2.13. The van der Waals surface area contributed by atoms with Gasteiger partial charge in [0, 0.05) is 19.3 Å². The second-order valence-electron chi connectivity index (χ2n) is 10.7. The molecule has 0 unspecified atom stereocenters. The minimum absolute atomic E-state index is 0. The Kier molecular flexibility index (Phi) is 31.3. The summed E-state index contributed by atoms with van der Waals surface area (Å²) in [7, 11) is 0. The van der Waals surface area contributed by atoms with Gasteiger partial charge in [-0.3, -0.25) is 9.59 Å². The van der Waals surface area contributed by atoms with Gasteiger partial charge in [0.15, 0.2) is 0 Å². The summed E-state index contributed by atoms with van der Waals surface area (Å²) in [6, 6.07) is 0. The maximum Gasteiger partial charge on any atom is 0.143 e. The Morgan fingerprint density at radius 3 is 1.00 bits per heavy atom. The molecule has 0 bridgehead atoms. The van der Waals surface area contributed by atoms with E-state index in [1.54, 1.807) is 0 Å². The Bertz CT molecular complexity index is 417. The van der Waals surface area contributed by atoms with Crippen LogP contribution in [0.15, 0.2) is 0 Å². The number of halogens is 1. The van der Waals surface area contributed by atoms with Crippen molar-refractivity contribution >= 4 is 11.6 Å². The third kappa shape index (κ3) is 25.0. The number of carbonyl (C=O) groups excluding carboxylic acids is 2. The van der Waals surface area contributed by atoms with Gasteiger partial charge in [0.2, 0.25) is 0 Å². The van der Waals surface area contributed by atoms with Crippen LogP contribution in [-0.4, -0.2) is 18.1 Å². The van der Waals surface area contributed by atoms with Crippen molar-refractivity contribution in [1.82, 2.24) is 0 Å². The molecule has 0 atom stereocenters. The van der Waals surface area contributed by atoms with E-state index < -0.39 is 0 Å². The second kappa shape index (κ2) is 29.8. The first-order valence-corrected chi connectivity index (χ1v) is 15.5. The molecular formula is C31H62ClNO2. The molecule has 0 fully saturated rings. The highest BCUT2D eigenvalue weighted by Gasteiger charge is 2.25. The molecule has 3 nitrogen and oxygen atoms in total. The largest absolute Gasteiger partial charge is 1.00 e. The molecule has 0 aliphatic carbocycles. The van der Waals surface area contributed by atoms with Crippen molar-refractivity contribution in [2.24, 2.45) is 5.92 Å². The first-order valence-electron chi connectivity index (χ1n) is 15.5. The fraction of sp³-hybridized carbons (Fsp3) is 0.935. The molecule has 0 aromatic heterocycles. The highest BCUT2D eigenvalue weighted by atomic mass is 35.5. The van der Waals surface area contributed by atoms with Crippen molar-refractivity contribution in [3.63, 3.8) is 0 Å². The van der Waals surface area contributed by atoms with Gasteiger partial charge in [0.25, 0.3) is 0 Å². The van der Waals surface area contributed by atoms with Gasteiger partial charge in [-0.15, -0.1) is 0 Å². The van der Waals surface area contributed by atoms with E-state index in [2.05, 4.69) is 19.6 Å². The monoisotopic (exact) mass is 515 g/mol. The number of quaternary nitrogens is 1. The molecule has 0 spiro atoms. The lowest BCUT2D eigenvalue weighted by atomic mass is 9.89. The van der Waals surface area contributed by atoms with E-state index >= 15 is 0 Å². The molecule has 0 aliphatic rings. The van der Waals surface area contributed by atoms with E-state index in [1.807, 2.05) is 0 Å². The zero-order chi connectivity index (χ0) is 25.1. The lowest BCUT2D eigenvalue weighted by molar-refractivity contribution is -0.369. The molecule has 0 radical (unpaired) electrons. The van der Waals surface area contributed by atoms with Crippen LogP contribution in [0.1, 0.15) is 174 Å². The number of unbranched alkanes of at least 4 members (excludes halogenated alkanes) is 20. The molecule has 0 amide bonds. The molecule has 210 valence electrons. The molecule has 0 aromatic carbocycles. The summed E-state index contributed by atoms with van der Waals surface area (Å²) in [4.78, 5) is 25.4. The number of carbonyl (C=O) groups is 2. The molecule has 0 rings (SSSR count). The van der Waals surface area contributed by atoms with Gasteiger partial charge < -0.3 is 18.1 Å². The third-order valence-corrected chi connectivity index (χ3v) is 7.32. The van der Waals surface area contributed by atoms with Crippen LogP contribution in [0.2, 0.25) is 0 Å². The molecule has 3 N–H and O–H groups in total. The SMILES string of the molecule is CCCCCCCCCCCCCC(=O)C(CC[NH3+])C(=O)CCCCCCCCCCCCC.[Cl-]. The van der Waals surface area contributed by atoms with Crippen LogP contribution in [0.3, 0.4) is 0 Å². The van der Waals surface area contributed by atoms with Crippen LogP contribution < -0.4 is 18.1 Å². The van der Waals surface area contributed by atoms with Crippen LogP contribution in [0, 0.1) is 5.92 Å². The number of ketones is 2. The van der Waals surface area contributed by atoms with E-state index in [-0.39, 0.29) is 29.9 Å². The zero-order valence-corrected chi connectivity index (χ0v) is 24.6. The summed E-state index contributed by atoms with van der Waals surface area (Å²) >= 11 is 0. The first-order chi connectivity index (χ1) is 16.7. The molecule has 0 saturated heterocycles. The first kappa shape index (κ1) is 36.7. The van der Waals surface area contributed by atoms with Crippen molar-refractivity contribution in [3.05, 3.63) is 0 Å². The Morgan fingerprint density at radius 1 is 0.486 bits per heavy atom. The van der Waals surface area contributed by atoms with Gasteiger partial charge in [0.1, 0.15) is 11.6 Å². The Morgan fingerprint density at radius 2 is 0.743 bits per heavy atom. The standard InChI is InChI=1S/C31H61NO2.ClH/c1-3-5-7-9-11-13-15-17-19-21-23-25-30(33)29(27-28-32)31(34)26-24-22-20-18-16-14-12-10-8-6-4-2;/h29H,3-28,32H2,1-2H3;1H. The van der Waals surface area contributed by atoms with E-state index in [0.717, 1.165) is 25.7 Å². The zero-order valence-electron chi connectivity index (χ0n) is 23.9. The maximum absolute atomic E-state index is 12.7. The summed E-state index contributed by atoms with van der Waals surface area (Å²) in [6.45, 7) is 5.21. The summed E-state index contributed by atoms with van der Waals surface area (Å²) in [6.07, 6.45) is 30.2. The van der Waals surface area contributed by atoms with E-state index in [1.165, 1.54) is 116 Å². The van der Waals surface area contributed by atoms with Gasteiger partial charge in [-0.25, -0.2) is 0 Å². The fourth-order valence-corrected chi connectivity index (χ4v) is 4.98. The average Bonchev–Trinajstić information content (AvgIpc) is 2.84. The number of hydrogen-bond acceptors (Lipinski definition) is 2. The molecule has 35 heavy (non-hydrogen) atoms. The van der Waals surface area contributed by atoms with E-state index in [9.17, 15) is 9.59 Å². The molecule has 0 aliphatic heterocycles. The van der Waals surface area contributed by atoms with Crippen LogP contribution in [0.5, 0.6) is 0 Å². The number of rotatable bonds is 28. The van der Waals surface area contributed by atoms with Crippen LogP contribution in [0.25, 0.3) is 0 Å². The highest BCUT2D eigenvalue weighted by Crippen LogP contribution is 2.18. The minimum atomic E-state index is -0.372. The Labute approximate surface area is 226 Å². The van der Waals surface area contributed by atoms with E-state index in [4.69, 9.17) is 0 Å². The van der Waals surface area contributed by atoms with Crippen molar-refractivity contribution in [2.45, 2.75) is 174 Å². The smallest absolute Gasteiger partial charge is 0.143 e. The predicted octanol–water partition coefficient (Wildman–Crippen LogP) is 5.78. The van der Waals surface area contributed by atoms with Crippen LogP contribution >= 0.6 is 0 Å². The normalized spacial score (nSPS) is 11.1. The van der Waals surface area contributed by atoms with Crippen molar-refractivity contribution in [3.8, 4) is 0 Å². The van der Waals surface area contributed by atoms with Gasteiger partial charge in [-0.1, -0.05) is 142 Å². The van der Waals surface area contributed by atoms with Crippen molar-refractivity contribution in [1.29, 1.82) is 0 Å². The highest BCUT2D eigenvalue weighted by molar-refractivity contribution is 6.02. The Balaban J connectivity index is 0. The average molecular weight is 516 g/mol. The van der Waals surface area contributed by atoms with Crippen LogP contribution in [-0.2, 0) is 9.59 Å². The fourth-order valence-electron chi connectivity index (χ4n) is 4.98. The second-order valence-corrected chi connectivity index (χ2v) is 10.7. The minimum Gasteiger partial charge on any atom is -1.00 e. The quantitative estimate of drug-likeness (QED) is 0.106. The van der Waals surface area contributed by atoms with Crippen LogP contribution in [0.4, 0.5) is 0 Å². The molecule has 0 saturated carbocycles. The number of Topliss-reactive ketones (excluding diaryl/α,β-unsaturated/α-hetero) is 2. The lowest BCUT2D eigenvalue weighted by Crippen LogP contribution is -3.00. The number of hydrogen-bond donors (Lipinski definition) is 1. The van der Waals surface area contributed by atoms with Gasteiger partial charge in [-0.2, -0.15) is 0 Å². The Hall–Kier alpha value is -0.410. The summed E-state index contributed by atoms with van der Waals surface area (Å²) in [5, 5.41) is 0. The maximum atomic E-state index is 12.7. The summed E-state index contributed by atoms with van der Waals surface area (Å²) < 4.78 is 0. The van der Waals surface area contributed by atoms with E-state index in [0.29, 0.717) is 25.8 Å². The molecule has 0 aromatic rings. The van der Waals surface area contributed by atoms with Crippen molar-refractivity contribution < 1.29 is 27.7 Å². The third-order valence-electron chi connectivity index (χ3n) is 7.32. The van der Waals surface area contributed by atoms with Gasteiger partial charge in [0.05, 0.1) is 12.5 Å². The topological polar surface area (TPSA) is 61.8 Å². The van der Waals surface area contributed by atoms with Gasteiger partial charge >= 0.3 is 0 Å². The van der Waals surface area contributed by atoms with Crippen molar-refractivity contribution in [2.75, 3.05) is 6.54 Å². The summed E-state index contributed by atoms with van der Waals surface area (Å²) in [5.41, 5.74) is 3.91. The molecular weight excluding hydrogens is 454 g/mol. The molecule has 0 heterocycles.